The number of nitrogens with one attached hydrogen (secondary N) is 1. The number of pyridine rings is 1. The van der Waals surface area contributed by atoms with Crippen molar-refractivity contribution in [3.8, 4) is 0 Å². The van der Waals surface area contributed by atoms with Gasteiger partial charge in [0, 0.05) is 6.20 Å². The molecule has 1 aliphatic rings. The summed E-state index contributed by atoms with van der Waals surface area (Å²) in [7, 11) is 0. The maximum atomic E-state index is 4.75. The molecular formula is C19H18N4S2. The van der Waals surface area contributed by atoms with Crippen LogP contribution in [0.25, 0.3) is 10.2 Å². The van der Waals surface area contributed by atoms with E-state index in [0.29, 0.717) is 0 Å². The molecule has 1 N–H and O–H groups in total. The SMILES string of the molecule is C(=NNc1ccccn1)C1=C(Sc2nc3ccccc3s2)CCCC1. The normalized spacial score (nSPS) is 15.2. The molecule has 4 nitrogen and oxygen atoms in total. The zero-order valence-corrected chi connectivity index (χ0v) is 15.3. The van der Waals surface area contributed by atoms with E-state index in [0.717, 1.165) is 28.5 Å². The summed E-state index contributed by atoms with van der Waals surface area (Å²) in [5, 5.41) is 4.37. The van der Waals surface area contributed by atoms with Crippen LogP contribution in [0.5, 0.6) is 0 Å². The van der Waals surface area contributed by atoms with Gasteiger partial charge in [-0.15, -0.1) is 11.3 Å². The fraction of sp³-hybridized carbons (Fsp3) is 0.211. The number of anilines is 1. The Morgan fingerprint density at radius 1 is 1.08 bits per heavy atom. The molecule has 0 spiro atoms. The summed E-state index contributed by atoms with van der Waals surface area (Å²) in [6.45, 7) is 0. The molecule has 4 rings (SSSR count). The van der Waals surface area contributed by atoms with Gasteiger partial charge in [-0.1, -0.05) is 30.0 Å². The van der Waals surface area contributed by atoms with E-state index in [1.54, 1.807) is 29.3 Å². The molecule has 1 aliphatic carbocycles. The summed E-state index contributed by atoms with van der Waals surface area (Å²) in [5.74, 6) is 0.760. The molecule has 0 unspecified atom stereocenters. The van der Waals surface area contributed by atoms with Gasteiger partial charge in [-0.25, -0.2) is 9.97 Å². The van der Waals surface area contributed by atoms with Crippen LogP contribution in [0.1, 0.15) is 25.7 Å². The van der Waals surface area contributed by atoms with Crippen molar-refractivity contribution in [1.29, 1.82) is 0 Å². The summed E-state index contributed by atoms with van der Waals surface area (Å²) in [5.41, 5.74) is 5.39. The van der Waals surface area contributed by atoms with Crippen LogP contribution in [0.3, 0.4) is 0 Å². The highest BCUT2D eigenvalue weighted by molar-refractivity contribution is 8.04. The van der Waals surface area contributed by atoms with Crippen LogP contribution in [0.15, 0.2) is 68.6 Å². The summed E-state index contributed by atoms with van der Waals surface area (Å²) >= 11 is 3.56. The minimum absolute atomic E-state index is 0.760. The zero-order chi connectivity index (χ0) is 16.9. The number of rotatable bonds is 5. The van der Waals surface area contributed by atoms with Crippen LogP contribution in [-0.4, -0.2) is 16.2 Å². The lowest BCUT2D eigenvalue weighted by molar-refractivity contribution is 0.711. The van der Waals surface area contributed by atoms with Crippen molar-refractivity contribution in [3.63, 3.8) is 0 Å². The third-order valence-electron chi connectivity index (χ3n) is 4.01. The Bertz CT molecular complexity index is 882. The van der Waals surface area contributed by atoms with Gasteiger partial charge in [0.25, 0.3) is 0 Å². The molecule has 0 aliphatic heterocycles. The molecule has 25 heavy (non-hydrogen) atoms. The van der Waals surface area contributed by atoms with Crippen LogP contribution in [0, 0.1) is 0 Å². The molecule has 2 aromatic heterocycles. The third-order valence-corrected chi connectivity index (χ3v) is 6.32. The molecule has 126 valence electrons. The first-order chi connectivity index (χ1) is 12.4. The van der Waals surface area contributed by atoms with Crippen LogP contribution in [0.4, 0.5) is 5.82 Å². The summed E-state index contributed by atoms with van der Waals surface area (Å²) < 4.78 is 2.36. The van der Waals surface area contributed by atoms with Crippen molar-refractivity contribution in [2.75, 3.05) is 5.43 Å². The summed E-state index contributed by atoms with van der Waals surface area (Å²) in [6, 6.07) is 14.1. The lowest BCUT2D eigenvalue weighted by Crippen LogP contribution is -2.01. The Morgan fingerprint density at radius 3 is 2.84 bits per heavy atom. The van der Waals surface area contributed by atoms with E-state index in [4.69, 9.17) is 4.98 Å². The fourth-order valence-electron chi connectivity index (χ4n) is 2.76. The molecule has 0 saturated heterocycles. The van der Waals surface area contributed by atoms with Crippen molar-refractivity contribution >= 4 is 45.3 Å². The first-order valence-electron chi connectivity index (χ1n) is 8.34. The van der Waals surface area contributed by atoms with Gasteiger partial charge in [-0.2, -0.15) is 5.10 Å². The second kappa shape index (κ2) is 7.80. The average Bonchev–Trinajstić information content (AvgIpc) is 3.06. The molecule has 0 bridgehead atoms. The number of aromatic nitrogens is 2. The monoisotopic (exact) mass is 366 g/mol. The number of hydrogen-bond donors (Lipinski definition) is 1. The molecule has 0 amide bonds. The third kappa shape index (κ3) is 4.08. The highest BCUT2D eigenvalue weighted by Crippen LogP contribution is 2.39. The lowest BCUT2D eigenvalue weighted by atomic mass is 10.0. The van der Waals surface area contributed by atoms with Gasteiger partial charge in [-0.05, 0) is 60.4 Å². The van der Waals surface area contributed by atoms with Crippen LogP contribution < -0.4 is 5.43 Å². The van der Waals surface area contributed by atoms with Gasteiger partial charge in [-0.3, -0.25) is 5.43 Å². The quantitative estimate of drug-likeness (QED) is 0.464. The van der Waals surface area contributed by atoms with E-state index in [9.17, 15) is 0 Å². The second-order valence-corrected chi connectivity index (χ2v) is 8.16. The molecule has 2 heterocycles. The maximum absolute atomic E-state index is 4.75. The Hall–Kier alpha value is -2.18. The van der Waals surface area contributed by atoms with E-state index >= 15 is 0 Å². The number of allylic oxidation sites excluding steroid dienone is 2. The van der Waals surface area contributed by atoms with Gasteiger partial charge < -0.3 is 0 Å². The smallest absolute Gasteiger partial charge is 0.155 e. The average molecular weight is 367 g/mol. The molecule has 0 saturated carbocycles. The minimum atomic E-state index is 0.760. The standard InChI is InChI=1S/C19H18N4S2/c1-3-9-16(24-19-22-15-8-2-4-10-17(15)25-19)14(7-1)13-21-23-18-11-5-6-12-20-18/h2,4-6,8,10-13H,1,3,7,9H2,(H,20,23). The van der Waals surface area contributed by atoms with Crippen LogP contribution in [-0.2, 0) is 0 Å². The van der Waals surface area contributed by atoms with E-state index in [1.807, 2.05) is 30.5 Å². The number of para-hydroxylation sites is 1. The van der Waals surface area contributed by atoms with Gasteiger partial charge in [0.1, 0.15) is 5.82 Å². The van der Waals surface area contributed by atoms with Crippen molar-refractivity contribution < 1.29 is 0 Å². The summed E-state index contributed by atoms with van der Waals surface area (Å²) in [4.78, 5) is 10.4. The number of nitrogens with zero attached hydrogens (tertiary/aromatic N) is 3. The maximum Gasteiger partial charge on any atom is 0.155 e. The van der Waals surface area contributed by atoms with Crippen LogP contribution in [0.2, 0.25) is 0 Å². The number of fused-ring (bicyclic) bond motifs is 1. The second-order valence-electron chi connectivity index (χ2n) is 5.79. The molecule has 0 atom stereocenters. The number of thiazole rings is 1. The van der Waals surface area contributed by atoms with Gasteiger partial charge >= 0.3 is 0 Å². The Morgan fingerprint density at radius 2 is 1.96 bits per heavy atom. The highest BCUT2D eigenvalue weighted by atomic mass is 32.2. The molecule has 0 fully saturated rings. The minimum Gasteiger partial charge on any atom is -0.261 e. The fourth-order valence-corrected chi connectivity index (χ4v) is 5.08. The predicted octanol–water partition coefficient (Wildman–Crippen LogP) is 5.71. The summed E-state index contributed by atoms with van der Waals surface area (Å²) in [6.07, 6.45) is 8.33. The van der Waals surface area contributed by atoms with Crippen LogP contribution >= 0.6 is 23.1 Å². The molecule has 1 aromatic carbocycles. The van der Waals surface area contributed by atoms with E-state index in [2.05, 4.69) is 33.7 Å². The van der Waals surface area contributed by atoms with Crippen molar-refractivity contribution in [2.45, 2.75) is 30.0 Å². The first-order valence-corrected chi connectivity index (χ1v) is 9.97. The lowest BCUT2D eigenvalue weighted by Gasteiger charge is -2.16. The van der Waals surface area contributed by atoms with E-state index in [1.165, 1.54) is 28.0 Å². The van der Waals surface area contributed by atoms with Crippen molar-refractivity contribution in [1.82, 2.24) is 9.97 Å². The van der Waals surface area contributed by atoms with Gasteiger partial charge in [0.15, 0.2) is 4.34 Å². The topological polar surface area (TPSA) is 50.2 Å². The number of thioether (sulfide) groups is 1. The van der Waals surface area contributed by atoms with Gasteiger partial charge in [0.2, 0.25) is 0 Å². The van der Waals surface area contributed by atoms with E-state index < -0.39 is 0 Å². The zero-order valence-electron chi connectivity index (χ0n) is 13.7. The predicted molar refractivity (Wildman–Crippen MR) is 107 cm³/mol. The first kappa shape index (κ1) is 16.3. The molecule has 6 heteroatoms. The molecule has 3 aromatic rings. The Balaban J connectivity index is 1.52. The van der Waals surface area contributed by atoms with Crippen molar-refractivity contribution in [2.24, 2.45) is 5.10 Å². The largest absolute Gasteiger partial charge is 0.261 e. The highest BCUT2D eigenvalue weighted by Gasteiger charge is 2.15. The number of benzene rings is 1. The Kier molecular flexibility index (Phi) is 5.09. The van der Waals surface area contributed by atoms with Gasteiger partial charge in [0.05, 0.1) is 16.4 Å². The van der Waals surface area contributed by atoms with E-state index in [-0.39, 0.29) is 0 Å². The number of hydrazone groups is 1. The van der Waals surface area contributed by atoms with Crippen molar-refractivity contribution in [3.05, 3.63) is 59.1 Å². The molecular weight excluding hydrogens is 348 g/mol. The Labute approximate surface area is 155 Å². The molecule has 0 radical (unpaired) electrons. The number of hydrogen-bond acceptors (Lipinski definition) is 6.